The largest absolute Gasteiger partial charge is 0.457 e. The van der Waals surface area contributed by atoms with Crippen molar-refractivity contribution in [3.63, 3.8) is 0 Å². The third kappa shape index (κ3) is 6.38. The molecular formula is C26H36N2O5. The molecule has 7 nitrogen and oxygen atoms in total. The smallest absolute Gasteiger partial charge is 0.130 e. The fourth-order valence-electron chi connectivity index (χ4n) is 4.44. The maximum Gasteiger partial charge on any atom is 0.130 e. The first-order valence-corrected chi connectivity index (χ1v) is 11.9. The van der Waals surface area contributed by atoms with Gasteiger partial charge in [-0.25, -0.2) is 0 Å². The Hall–Kier alpha value is -2.32. The van der Waals surface area contributed by atoms with Gasteiger partial charge in [0.25, 0.3) is 0 Å². The van der Waals surface area contributed by atoms with Crippen LogP contribution < -0.4 is 14.5 Å². The van der Waals surface area contributed by atoms with E-state index < -0.39 is 12.2 Å². The van der Waals surface area contributed by atoms with Crippen molar-refractivity contribution >= 4 is 11.4 Å². The number of ether oxygens (including phenoxy) is 3. The summed E-state index contributed by atoms with van der Waals surface area (Å²) in [5.74, 6) is 1.47. The highest BCUT2D eigenvalue weighted by Gasteiger charge is 2.18. The molecule has 0 aliphatic carbocycles. The van der Waals surface area contributed by atoms with E-state index in [1.54, 1.807) is 13.8 Å². The minimum atomic E-state index is -0.479. The van der Waals surface area contributed by atoms with Crippen molar-refractivity contribution in [2.45, 2.75) is 38.9 Å². The Kier molecular flexibility index (Phi) is 8.09. The van der Waals surface area contributed by atoms with Crippen LogP contribution in [0.2, 0.25) is 0 Å². The summed E-state index contributed by atoms with van der Waals surface area (Å²) in [5, 5.41) is 20.2. The fraction of sp³-hybridized carbons (Fsp3) is 0.538. The van der Waals surface area contributed by atoms with Gasteiger partial charge in [0.1, 0.15) is 11.5 Å². The lowest BCUT2D eigenvalue weighted by atomic mass is 10.0. The molecule has 2 fully saturated rings. The first-order chi connectivity index (χ1) is 16.0. The molecule has 2 N–H and O–H groups in total. The van der Waals surface area contributed by atoms with Gasteiger partial charge in [-0.15, -0.1) is 0 Å². The van der Waals surface area contributed by atoms with Crippen LogP contribution in [0.5, 0.6) is 11.5 Å². The normalized spacial score (nSPS) is 18.8. The second-order valence-electron chi connectivity index (χ2n) is 8.99. The SMILES string of the molecule is CC(O)Cc1cc(N2CCOCC2)ccc1Oc1ccc(N2CCOCC2)cc1CC(C)O. The first-order valence-electron chi connectivity index (χ1n) is 11.9. The van der Waals surface area contributed by atoms with Gasteiger partial charge in [-0.2, -0.15) is 0 Å². The lowest BCUT2D eigenvalue weighted by Gasteiger charge is -2.30. The predicted molar refractivity (Wildman–Crippen MR) is 130 cm³/mol. The van der Waals surface area contributed by atoms with E-state index in [0.29, 0.717) is 12.8 Å². The van der Waals surface area contributed by atoms with Crippen LogP contribution in [0.25, 0.3) is 0 Å². The number of aliphatic hydroxyl groups excluding tert-OH is 2. The van der Waals surface area contributed by atoms with Gasteiger partial charge in [0.2, 0.25) is 0 Å². The van der Waals surface area contributed by atoms with E-state index in [0.717, 1.165) is 86.6 Å². The Morgan fingerprint density at radius 2 is 1.12 bits per heavy atom. The second-order valence-corrected chi connectivity index (χ2v) is 8.99. The van der Waals surface area contributed by atoms with Gasteiger partial charge in [-0.3, -0.25) is 0 Å². The summed E-state index contributed by atoms with van der Waals surface area (Å²) in [5.41, 5.74) is 4.17. The maximum atomic E-state index is 10.1. The van der Waals surface area contributed by atoms with Crippen LogP contribution in [0.3, 0.4) is 0 Å². The molecule has 180 valence electrons. The van der Waals surface area contributed by atoms with Gasteiger partial charge in [-0.05, 0) is 61.4 Å². The van der Waals surface area contributed by atoms with E-state index in [4.69, 9.17) is 14.2 Å². The third-order valence-corrected chi connectivity index (χ3v) is 6.09. The van der Waals surface area contributed by atoms with Crippen LogP contribution in [0.4, 0.5) is 11.4 Å². The van der Waals surface area contributed by atoms with E-state index in [2.05, 4.69) is 34.1 Å². The number of anilines is 2. The minimum absolute atomic E-state index is 0.479. The van der Waals surface area contributed by atoms with Gasteiger partial charge in [-0.1, -0.05) is 0 Å². The molecule has 33 heavy (non-hydrogen) atoms. The van der Waals surface area contributed by atoms with E-state index in [1.807, 2.05) is 12.1 Å². The first kappa shape index (κ1) is 23.8. The van der Waals surface area contributed by atoms with E-state index in [1.165, 1.54) is 0 Å². The van der Waals surface area contributed by atoms with Crippen molar-refractivity contribution in [3.05, 3.63) is 47.5 Å². The molecule has 0 aromatic heterocycles. The number of benzene rings is 2. The van der Waals surface area contributed by atoms with E-state index in [9.17, 15) is 10.2 Å². The monoisotopic (exact) mass is 456 g/mol. The molecule has 0 saturated carbocycles. The highest BCUT2D eigenvalue weighted by atomic mass is 16.5. The number of nitrogens with zero attached hydrogens (tertiary/aromatic N) is 2. The Balaban J connectivity index is 1.61. The summed E-state index contributed by atoms with van der Waals surface area (Å²) in [7, 11) is 0. The summed E-state index contributed by atoms with van der Waals surface area (Å²) in [4.78, 5) is 4.60. The fourth-order valence-corrected chi connectivity index (χ4v) is 4.44. The molecule has 2 aromatic rings. The molecule has 7 heteroatoms. The Bertz CT molecular complexity index is 832. The van der Waals surface area contributed by atoms with Crippen molar-refractivity contribution in [3.8, 4) is 11.5 Å². The van der Waals surface area contributed by atoms with Gasteiger partial charge in [0.15, 0.2) is 0 Å². The molecule has 2 unspecified atom stereocenters. The Morgan fingerprint density at radius 3 is 1.48 bits per heavy atom. The van der Waals surface area contributed by atoms with Crippen molar-refractivity contribution in [2.75, 3.05) is 62.4 Å². The Morgan fingerprint density at radius 1 is 0.727 bits per heavy atom. The molecule has 2 saturated heterocycles. The van der Waals surface area contributed by atoms with Gasteiger partial charge in [0, 0.05) is 50.4 Å². The van der Waals surface area contributed by atoms with Gasteiger partial charge < -0.3 is 34.2 Å². The average molecular weight is 457 g/mol. The zero-order valence-electron chi connectivity index (χ0n) is 19.7. The highest BCUT2D eigenvalue weighted by molar-refractivity contribution is 5.57. The zero-order valence-corrected chi connectivity index (χ0v) is 19.7. The van der Waals surface area contributed by atoms with Crippen molar-refractivity contribution in [1.82, 2.24) is 0 Å². The van der Waals surface area contributed by atoms with E-state index in [-0.39, 0.29) is 0 Å². The molecule has 4 rings (SSSR count). The average Bonchev–Trinajstić information content (AvgIpc) is 2.81. The number of aliphatic hydroxyl groups is 2. The zero-order chi connectivity index (χ0) is 23.2. The van der Waals surface area contributed by atoms with Crippen LogP contribution in [-0.4, -0.2) is 75.0 Å². The second kappa shape index (κ2) is 11.2. The Labute approximate surface area is 196 Å². The van der Waals surface area contributed by atoms with Crippen molar-refractivity contribution in [2.24, 2.45) is 0 Å². The van der Waals surface area contributed by atoms with Crippen molar-refractivity contribution in [1.29, 1.82) is 0 Å². The summed E-state index contributed by atoms with van der Waals surface area (Å²) in [6, 6.07) is 12.4. The van der Waals surface area contributed by atoms with Gasteiger partial charge in [0.05, 0.1) is 38.6 Å². The third-order valence-electron chi connectivity index (χ3n) is 6.09. The van der Waals surface area contributed by atoms with Crippen LogP contribution in [0.1, 0.15) is 25.0 Å². The van der Waals surface area contributed by atoms with Crippen LogP contribution in [0, 0.1) is 0 Å². The molecular weight excluding hydrogens is 420 g/mol. The standard InChI is InChI=1S/C26H36N2O5/c1-19(29)15-21-17-23(27-7-11-31-12-8-27)3-5-25(21)33-26-6-4-24(18-22(26)16-20(2)30)28-9-13-32-14-10-28/h3-6,17-20,29-30H,7-16H2,1-2H3. The molecule has 0 bridgehead atoms. The lowest BCUT2D eigenvalue weighted by molar-refractivity contribution is 0.122. The molecule has 2 aliphatic rings. The molecule has 2 aliphatic heterocycles. The summed E-state index contributed by atoms with van der Waals surface area (Å²) in [6.07, 6.45) is 0.0526. The molecule has 0 spiro atoms. The number of morpholine rings is 2. The highest BCUT2D eigenvalue weighted by Crippen LogP contribution is 2.34. The lowest BCUT2D eigenvalue weighted by Crippen LogP contribution is -2.36. The molecule has 0 radical (unpaired) electrons. The van der Waals surface area contributed by atoms with Gasteiger partial charge >= 0.3 is 0 Å². The topological polar surface area (TPSA) is 74.6 Å². The number of hydrogen-bond acceptors (Lipinski definition) is 7. The summed E-state index contributed by atoms with van der Waals surface area (Å²) >= 11 is 0. The summed E-state index contributed by atoms with van der Waals surface area (Å²) < 4.78 is 17.4. The molecule has 2 atom stereocenters. The summed E-state index contributed by atoms with van der Waals surface area (Å²) in [6.45, 7) is 9.91. The van der Waals surface area contributed by atoms with Crippen LogP contribution in [-0.2, 0) is 22.3 Å². The quantitative estimate of drug-likeness (QED) is 0.633. The molecule has 2 aromatic carbocycles. The predicted octanol–water partition coefficient (Wildman–Crippen LogP) is 3.00. The van der Waals surface area contributed by atoms with Crippen LogP contribution >= 0.6 is 0 Å². The molecule has 0 amide bonds. The number of rotatable bonds is 8. The van der Waals surface area contributed by atoms with E-state index >= 15 is 0 Å². The maximum absolute atomic E-state index is 10.1. The van der Waals surface area contributed by atoms with Crippen LogP contribution in [0.15, 0.2) is 36.4 Å². The number of hydrogen-bond donors (Lipinski definition) is 2. The minimum Gasteiger partial charge on any atom is -0.457 e. The molecule has 2 heterocycles. The van der Waals surface area contributed by atoms with Crippen molar-refractivity contribution < 1.29 is 24.4 Å².